The van der Waals surface area contributed by atoms with Gasteiger partial charge in [-0.2, -0.15) is 0 Å². The van der Waals surface area contributed by atoms with Gasteiger partial charge >= 0.3 is 11.9 Å². The Bertz CT molecular complexity index is 516. The Kier molecular flexibility index (Phi) is 4.56. The number of carbonyl (C=O) groups excluding carboxylic acids is 2. The summed E-state index contributed by atoms with van der Waals surface area (Å²) in [5, 5.41) is 0. The van der Waals surface area contributed by atoms with Crippen molar-refractivity contribution in [2.24, 2.45) is 5.92 Å². The van der Waals surface area contributed by atoms with E-state index in [0.29, 0.717) is 5.56 Å². The van der Waals surface area contributed by atoms with Crippen molar-refractivity contribution in [1.82, 2.24) is 0 Å². The van der Waals surface area contributed by atoms with E-state index < -0.39 is 0 Å². The van der Waals surface area contributed by atoms with Crippen LogP contribution in [0.25, 0.3) is 0 Å². The van der Waals surface area contributed by atoms with Crippen LogP contribution in [0, 0.1) is 5.92 Å². The first-order valence-corrected chi connectivity index (χ1v) is 6.60. The van der Waals surface area contributed by atoms with Crippen LogP contribution >= 0.6 is 0 Å². The molecular weight excluding hydrogens is 256 g/mol. The molecule has 1 aliphatic rings. The molecule has 2 atom stereocenters. The second kappa shape index (κ2) is 6.37. The van der Waals surface area contributed by atoms with E-state index in [0.717, 1.165) is 18.4 Å². The topological polar surface area (TPSA) is 52.6 Å². The first kappa shape index (κ1) is 14.3. The highest BCUT2D eigenvalue weighted by Gasteiger charge is 2.23. The molecule has 0 saturated carbocycles. The lowest BCUT2D eigenvalue weighted by atomic mass is 9.84. The highest BCUT2D eigenvalue weighted by atomic mass is 16.5. The van der Waals surface area contributed by atoms with Gasteiger partial charge in [0.15, 0.2) is 0 Å². The fourth-order valence-corrected chi connectivity index (χ4v) is 2.43. The van der Waals surface area contributed by atoms with Gasteiger partial charge < -0.3 is 9.47 Å². The third-order valence-electron chi connectivity index (χ3n) is 3.63. The average Bonchev–Trinajstić information content (AvgIpc) is 2.53. The summed E-state index contributed by atoms with van der Waals surface area (Å²) < 4.78 is 9.41. The Morgan fingerprint density at radius 2 is 1.70 bits per heavy atom. The smallest absolute Gasteiger partial charge is 0.337 e. The molecule has 2 rings (SSSR count). The molecule has 0 fully saturated rings. The van der Waals surface area contributed by atoms with Crippen molar-refractivity contribution in [3.63, 3.8) is 0 Å². The lowest BCUT2D eigenvalue weighted by Crippen LogP contribution is -2.18. The van der Waals surface area contributed by atoms with Crippen molar-refractivity contribution < 1.29 is 19.1 Å². The van der Waals surface area contributed by atoms with Gasteiger partial charge in [-0.3, -0.25) is 4.79 Å². The minimum absolute atomic E-state index is 0.134. The minimum atomic E-state index is -0.332. The summed E-state index contributed by atoms with van der Waals surface area (Å²) in [7, 11) is 2.78. The molecule has 0 aromatic heterocycles. The van der Waals surface area contributed by atoms with Gasteiger partial charge in [-0.1, -0.05) is 24.3 Å². The molecule has 106 valence electrons. The van der Waals surface area contributed by atoms with Gasteiger partial charge in [0.2, 0.25) is 0 Å². The first-order chi connectivity index (χ1) is 9.65. The van der Waals surface area contributed by atoms with E-state index in [2.05, 4.69) is 4.74 Å². The van der Waals surface area contributed by atoms with E-state index in [-0.39, 0.29) is 23.8 Å². The molecule has 1 aliphatic carbocycles. The van der Waals surface area contributed by atoms with Crippen LogP contribution in [0.5, 0.6) is 0 Å². The first-order valence-electron chi connectivity index (χ1n) is 6.60. The SMILES string of the molecule is COC(=O)c1ccc([C@H]2C=C[C@@H](C(=O)OC)CC2)cc1. The third kappa shape index (κ3) is 3.07. The molecule has 0 unspecified atom stereocenters. The summed E-state index contributed by atoms with van der Waals surface area (Å²) in [5.74, 6) is -0.365. The van der Waals surface area contributed by atoms with Gasteiger partial charge in [-0.15, -0.1) is 0 Å². The molecule has 0 spiro atoms. The van der Waals surface area contributed by atoms with Crippen molar-refractivity contribution in [3.8, 4) is 0 Å². The zero-order valence-corrected chi connectivity index (χ0v) is 11.7. The van der Waals surface area contributed by atoms with Gasteiger partial charge in [-0.25, -0.2) is 4.79 Å². The van der Waals surface area contributed by atoms with Crippen molar-refractivity contribution in [1.29, 1.82) is 0 Å². The number of methoxy groups -OCH3 is 2. The maximum atomic E-state index is 11.4. The molecule has 4 nitrogen and oxygen atoms in total. The lowest BCUT2D eigenvalue weighted by molar-refractivity contribution is -0.144. The number of carbonyl (C=O) groups is 2. The molecule has 20 heavy (non-hydrogen) atoms. The largest absolute Gasteiger partial charge is 0.469 e. The zero-order valence-electron chi connectivity index (χ0n) is 11.7. The summed E-state index contributed by atoms with van der Waals surface area (Å²) in [6.45, 7) is 0. The van der Waals surface area contributed by atoms with Gasteiger partial charge in [-0.05, 0) is 30.5 Å². The van der Waals surface area contributed by atoms with Crippen molar-refractivity contribution in [3.05, 3.63) is 47.5 Å². The quantitative estimate of drug-likeness (QED) is 0.628. The molecule has 0 N–H and O–H groups in total. The molecule has 1 aromatic carbocycles. The van der Waals surface area contributed by atoms with Crippen molar-refractivity contribution in [2.45, 2.75) is 18.8 Å². The van der Waals surface area contributed by atoms with E-state index in [1.807, 2.05) is 24.3 Å². The highest BCUT2D eigenvalue weighted by Crippen LogP contribution is 2.31. The third-order valence-corrected chi connectivity index (χ3v) is 3.63. The van der Waals surface area contributed by atoms with E-state index in [4.69, 9.17) is 4.74 Å². The number of esters is 2. The van der Waals surface area contributed by atoms with E-state index in [9.17, 15) is 9.59 Å². The Balaban J connectivity index is 2.07. The van der Waals surface area contributed by atoms with E-state index in [1.165, 1.54) is 14.2 Å². The summed E-state index contributed by atoms with van der Waals surface area (Å²) in [6.07, 6.45) is 5.63. The van der Waals surface area contributed by atoms with Crippen LogP contribution < -0.4 is 0 Å². The summed E-state index contributed by atoms with van der Waals surface area (Å²) >= 11 is 0. The number of hydrogen-bond donors (Lipinski definition) is 0. The van der Waals surface area contributed by atoms with Crippen LogP contribution in [0.4, 0.5) is 0 Å². The lowest BCUT2D eigenvalue weighted by Gasteiger charge is -2.21. The van der Waals surface area contributed by atoms with Gasteiger partial charge in [0, 0.05) is 5.92 Å². The Hall–Kier alpha value is -2.10. The number of hydrogen-bond acceptors (Lipinski definition) is 4. The Morgan fingerprint density at radius 3 is 2.20 bits per heavy atom. The maximum Gasteiger partial charge on any atom is 0.337 e. The molecule has 0 aliphatic heterocycles. The Labute approximate surface area is 118 Å². The second-order valence-electron chi connectivity index (χ2n) is 4.81. The second-order valence-corrected chi connectivity index (χ2v) is 4.81. The molecule has 1 aromatic rings. The summed E-state index contributed by atoms with van der Waals surface area (Å²) in [5.41, 5.74) is 1.68. The number of benzene rings is 1. The maximum absolute atomic E-state index is 11.4. The molecule has 0 bridgehead atoms. The molecule has 0 heterocycles. The van der Waals surface area contributed by atoms with Crippen LogP contribution in [0.15, 0.2) is 36.4 Å². The predicted octanol–water partition coefficient (Wildman–Crippen LogP) is 2.70. The fraction of sp³-hybridized carbons (Fsp3) is 0.375. The molecule has 0 radical (unpaired) electrons. The molecule has 0 amide bonds. The average molecular weight is 274 g/mol. The normalized spacial score (nSPS) is 21.3. The zero-order chi connectivity index (χ0) is 14.5. The summed E-state index contributed by atoms with van der Waals surface area (Å²) in [6, 6.07) is 7.39. The highest BCUT2D eigenvalue weighted by molar-refractivity contribution is 5.89. The van der Waals surface area contributed by atoms with Crippen LogP contribution in [-0.2, 0) is 14.3 Å². The van der Waals surface area contributed by atoms with Crippen LogP contribution in [0.2, 0.25) is 0 Å². The molecule has 0 saturated heterocycles. The fourth-order valence-electron chi connectivity index (χ4n) is 2.43. The minimum Gasteiger partial charge on any atom is -0.469 e. The van der Waals surface area contributed by atoms with Gasteiger partial charge in [0.1, 0.15) is 0 Å². The predicted molar refractivity (Wildman–Crippen MR) is 74.4 cm³/mol. The Morgan fingerprint density at radius 1 is 1.00 bits per heavy atom. The van der Waals surface area contributed by atoms with Crippen LogP contribution in [-0.4, -0.2) is 26.2 Å². The number of allylic oxidation sites excluding steroid dienone is 1. The van der Waals surface area contributed by atoms with Gasteiger partial charge in [0.25, 0.3) is 0 Å². The molecule has 4 heteroatoms. The molecular formula is C16H18O4. The van der Waals surface area contributed by atoms with Crippen molar-refractivity contribution in [2.75, 3.05) is 14.2 Å². The van der Waals surface area contributed by atoms with E-state index >= 15 is 0 Å². The summed E-state index contributed by atoms with van der Waals surface area (Å²) in [4.78, 5) is 22.8. The number of ether oxygens (including phenoxy) is 2. The van der Waals surface area contributed by atoms with Crippen LogP contribution in [0.3, 0.4) is 0 Å². The van der Waals surface area contributed by atoms with Gasteiger partial charge in [0.05, 0.1) is 25.7 Å². The van der Waals surface area contributed by atoms with E-state index in [1.54, 1.807) is 12.1 Å². The van der Waals surface area contributed by atoms with Crippen LogP contribution in [0.1, 0.15) is 34.7 Å². The monoisotopic (exact) mass is 274 g/mol. The van der Waals surface area contributed by atoms with Crippen molar-refractivity contribution >= 4 is 11.9 Å². The number of rotatable bonds is 3. The standard InChI is InChI=1S/C16H18O4/c1-19-15(17)13-7-3-11(4-8-13)12-5-9-14(10-6-12)16(18)20-2/h3-5,7-9,12,14H,6,10H2,1-2H3/t12-,14+/m0/s1.